The quantitative estimate of drug-likeness (QED) is 0.284. The molecule has 0 aromatic heterocycles. The Morgan fingerprint density at radius 2 is 1.93 bits per heavy atom. The van der Waals surface area contributed by atoms with Gasteiger partial charge in [-0.2, -0.15) is 5.26 Å². The van der Waals surface area contributed by atoms with Crippen molar-refractivity contribution in [3.05, 3.63) is 0 Å². The van der Waals surface area contributed by atoms with Crippen LogP contribution < -0.4 is 0 Å². The number of rotatable bonds is 11. The lowest BCUT2D eigenvalue weighted by Crippen LogP contribution is -2.36. The van der Waals surface area contributed by atoms with Crippen LogP contribution in [-0.4, -0.2) is 60.9 Å². The predicted molar refractivity (Wildman–Crippen MR) is 102 cm³/mol. The zero-order chi connectivity index (χ0) is 21.3. The van der Waals surface area contributed by atoms with Gasteiger partial charge in [0.2, 0.25) is 6.29 Å². The zero-order valence-corrected chi connectivity index (χ0v) is 18.3. The second kappa shape index (κ2) is 12.3. The van der Waals surface area contributed by atoms with Gasteiger partial charge in [0.05, 0.1) is 44.8 Å². The van der Waals surface area contributed by atoms with Crippen LogP contribution in [0.3, 0.4) is 0 Å². The van der Waals surface area contributed by atoms with E-state index < -0.39 is 39.0 Å². The van der Waals surface area contributed by atoms with Crippen LogP contribution >= 0.6 is 8.53 Å². The van der Waals surface area contributed by atoms with Gasteiger partial charge < -0.3 is 23.3 Å². The molecule has 0 bridgehead atoms. The van der Waals surface area contributed by atoms with Crippen molar-refractivity contribution >= 4 is 20.5 Å². The summed E-state index contributed by atoms with van der Waals surface area (Å²) in [5.74, 6) is -0.914. The largest absolute Gasteiger partial charge is 0.469 e. The molecule has 4 atom stereocenters. The lowest BCUT2D eigenvalue weighted by molar-refractivity contribution is -0.174. The Hall–Kier alpha value is -1.30. The van der Waals surface area contributed by atoms with Gasteiger partial charge in [-0.25, -0.2) is 4.67 Å². The van der Waals surface area contributed by atoms with Gasteiger partial charge in [0.25, 0.3) is 8.53 Å². The molecule has 28 heavy (non-hydrogen) atoms. The van der Waals surface area contributed by atoms with Gasteiger partial charge in [-0.3, -0.25) is 9.59 Å². The van der Waals surface area contributed by atoms with Gasteiger partial charge in [-0.1, -0.05) is 0 Å². The van der Waals surface area contributed by atoms with Crippen LogP contribution in [0.1, 0.15) is 53.9 Å². The summed E-state index contributed by atoms with van der Waals surface area (Å²) in [5.41, 5.74) is 0. The maximum atomic E-state index is 11.8. The van der Waals surface area contributed by atoms with Crippen LogP contribution in [0.4, 0.5) is 0 Å². The first-order valence-corrected chi connectivity index (χ1v) is 10.5. The average Bonchev–Trinajstić information content (AvgIpc) is 2.94. The Labute approximate surface area is 168 Å². The fourth-order valence-corrected chi connectivity index (χ4v) is 4.65. The van der Waals surface area contributed by atoms with Gasteiger partial charge in [-0.15, -0.1) is 0 Å². The molecule has 9 nitrogen and oxygen atoms in total. The van der Waals surface area contributed by atoms with E-state index in [0.29, 0.717) is 0 Å². The van der Waals surface area contributed by atoms with Crippen LogP contribution in [-0.2, 0) is 32.8 Å². The molecule has 4 unspecified atom stereocenters. The van der Waals surface area contributed by atoms with Gasteiger partial charge in [0.1, 0.15) is 0 Å². The van der Waals surface area contributed by atoms with E-state index in [1.54, 1.807) is 0 Å². The number of hydrogen-bond acceptors (Lipinski definition) is 9. The molecular formula is C18H31N2O7P. The van der Waals surface area contributed by atoms with Crippen LogP contribution in [0.2, 0.25) is 0 Å². The molecule has 0 spiro atoms. The first-order chi connectivity index (χ1) is 13.2. The number of ether oxygens (including phenoxy) is 3. The van der Waals surface area contributed by atoms with Crippen molar-refractivity contribution in [2.45, 2.75) is 84.5 Å². The molecule has 0 radical (unpaired) electrons. The number of carbonyl (C=O) groups excluding carboxylic acids is 2. The third-order valence-corrected chi connectivity index (χ3v) is 6.10. The molecule has 0 aromatic carbocycles. The normalized spacial score (nSPS) is 23.1. The minimum absolute atomic E-state index is 0.0241. The molecule has 160 valence electrons. The highest BCUT2D eigenvalue weighted by Gasteiger charge is 2.42. The standard InChI is InChI=1S/C18H31N2O7P/c1-12(2)20(13(3)4)28(24-9-7-8-19)27-16-11-18(25-14(5)21)26-15(16)10-17(22)23-6/h12-13,15-16,18H,7,9-11H2,1-6H3. The number of carbonyl (C=O) groups is 2. The Morgan fingerprint density at radius 3 is 2.43 bits per heavy atom. The lowest BCUT2D eigenvalue weighted by Gasteiger charge is -2.37. The smallest absolute Gasteiger partial charge is 0.308 e. The summed E-state index contributed by atoms with van der Waals surface area (Å²) < 4.78 is 29.8. The van der Waals surface area contributed by atoms with E-state index in [0.717, 1.165) is 0 Å². The summed E-state index contributed by atoms with van der Waals surface area (Å²) >= 11 is 0. The Bertz CT molecular complexity index is 545. The predicted octanol–water partition coefficient (Wildman–Crippen LogP) is 2.89. The van der Waals surface area contributed by atoms with E-state index >= 15 is 0 Å². The molecule has 1 saturated heterocycles. The minimum Gasteiger partial charge on any atom is -0.469 e. The van der Waals surface area contributed by atoms with Gasteiger partial charge in [-0.05, 0) is 27.7 Å². The summed E-state index contributed by atoms with van der Waals surface area (Å²) in [6.07, 6.45) is -1.43. The minimum atomic E-state index is -1.51. The molecule has 1 aliphatic heterocycles. The van der Waals surface area contributed by atoms with E-state index in [-0.39, 0.29) is 38.0 Å². The van der Waals surface area contributed by atoms with Crippen molar-refractivity contribution < 1.29 is 32.8 Å². The van der Waals surface area contributed by atoms with Gasteiger partial charge >= 0.3 is 11.9 Å². The average molecular weight is 418 g/mol. The first-order valence-electron chi connectivity index (χ1n) is 9.34. The highest BCUT2D eigenvalue weighted by molar-refractivity contribution is 7.44. The molecule has 0 saturated carbocycles. The van der Waals surface area contributed by atoms with E-state index in [4.69, 9.17) is 28.5 Å². The van der Waals surface area contributed by atoms with Gasteiger partial charge in [0.15, 0.2) is 0 Å². The fourth-order valence-electron chi connectivity index (χ4n) is 2.89. The molecular weight excluding hydrogens is 387 g/mol. The second-order valence-electron chi connectivity index (χ2n) is 6.92. The monoisotopic (exact) mass is 418 g/mol. The summed E-state index contributed by atoms with van der Waals surface area (Å²) in [7, 11) is -0.212. The van der Waals surface area contributed by atoms with Crippen LogP contribution in [0, 0.1) is 11.3 Å². The van der Waals surface area contributed by atoms with Crippen molar-refractivity contribution in [1.82, 2.24) is 4.67 Å². The third-order valence-electron chi connectivity index (χ3n) is 3.95. The lowest BCUT2D eigenvalue weighted by atomic mass is 10.1. The number of esters is 2. The number of hydrogen-bond donors (Lipinski definition) is 0. The number of nitriles is 1. The van der Waals surface area contributed by atoms with Gasteiger partial charge in [0, 0.05) is 25.4 Å². The maximum absolute atomic E-state index is 11.8. The van der Waals surface area contributed by atoms with E-state index in [2.05, 4.69) is 10.7 Å². The number of nitrogens with zero attached hydrogens (tertiary/aromatic N) is 2. The zero-order valence-electron chi connectivity index (χ0n) is 17.4. The van der Waals surface area contributed by atoms with E-state index in [1.165, 1.54) is 14.0 Å². The molecule has 10 heteroatoms. The van der Waals surface area contributed by atoms with Crippen LogP contribution in [0.15, 0.2) is 0 Å². The Balaban J connectivity index is 2.97. The molecule has 0 aliphatic carbocycles. The fraction of sp³-hybridized carbons (Fsp3) is 0.833. The molecule has 0 amide bonds. The van der Waals surface area contributed by atoms with Crippen molar-refractivity contribution in [1.29, 1.82) is 5.26 Å². The number of methoxy groups -OCH3 is 1. The topological polar surface area (TPSA) is 107 Å². The summed E-state index contributed by atoms with van der Waals surface area (Å²) in [6, 6.07) is 2.33. The maximum Gasteiger partial charge on any atom is 0.308 e. The molecule has 0 N–H and O–H groups in total. The van der Waals surface area contributed by atoms with E-state index in [1.807, 2.05) is 27.7 Å². The van der Waals surface area contributed by atoms with Crippen LogP contribution in [0.25, 0.3) is 0 Å². The van der Waals surface area contributed by atoms with Crippen molar-refractivity contribution in [2.75, 3.05) is 13.7 Å². The molecule has 1 rings (SSSR count). The van der Waals surface area contributed by atoms with Crippen molar-refractivity contribution in [3.8, 4) is 6.07 Å². The van der Waals surface area contributed by atoms with Crippen LogP contribution in [0.5, 0.6) is 0 Å². The third kappa shape index (κ3) is 7.98. The molecule has 1 fully saturated rings. The highest BCUT2D eigenvalue weighted by atomic mass is 31.2. The Morgan fingerprint density at radius 1 is 1.29 bits per heavy atom. The summed E-state index contributed by atoms with van der Waals surface area (Å²) in [5, 5.41) is 8.81. The van der Waals surface area contributed by atoms with Crippen molar-refractivity contribution in [3.63, 3.8) is 0 Å². The van der Waals surface area contributed by atoms with E-state index in [9.17, 15) is 9.59 Å². The highest BCUT2D eigenvalue weighted by Crippen LogP contribution is 2.49. The Kier molecular flexibility index (Phi) is 10.9. The first kappa shape index (κ1) is 24.7. The summed E-state index contributed by atoms with van der Waals surface area (Å²) in [6.45, 7) is 9.66. The second-order valence-corrected chi connectivity index (χ2v) is 8.33. The molecule has 0 aromatic rings. The molecule has 1 heterocycles. The summed E-state index contributed by atoms with van der Waals surface area (Å²) in [4.78, 5) is 23.0. The molecule has 1 aliphatic rings. The SMILES string of the molecule is COC(=O)CC1OC(OC(C)=O)CC1OP(OCCC#N)N(C(C)C)C(C)C. The van der Waals surface area contributed by atoms with Crippen molar-refractivity contribution in [2.24, 2.45) is 0 Å².